The van der Waals surface area contributed by atoms with Gasteiger partial charge in [-0.05, 0) is 69.8 Å². The number of nitrogens with zero attached hydrogens (tertiary/aromatic N) is 2. The molecule has 286 valence electrons. The van der Waals surface area contributed by atoms with Crippen molar-refractivity contribution in [1.82, 2.24) is 9.97 Å². The summed E-state index contributed by atoms with van der Waals surface area (Å²) in [4.78, 5) is 10.5. The van der Waals surface area contributed by atoms with E-state index in [0.717, 1.165) is 55.4 Å². The number of hydrogen-bond acceptors (Lipinski definition) is 3. The molecule has 10 aromatic rings. The van der Waals surface area contributed by atoms with E-state index >= 15 is 0 Å². The number of hydrogen-bond donors (Lipinski definition) is 1. The van der Waals surface area contributed by atoms with Crippen molar-refractivity contribution < 1.29 is 4.42 Å². The number of oxazole rings is 1. The van der Waals surface area contributed by atoms with E-state index in [4.69, 9.17) is 87.9 Å². The Morgan fingerprint density at radius 2 is 1.06 bits per heavy atom. The fourth-order valence-electron chi connectivity index (χ4n) is 9.88. The molecule has 66 heavy (non-hydrogen) atoms. The van der Waals surface area contributed by atoms with Gasteiger partial charge >= 0.3 is 0 Å². The van der Waals surface area contributed by atoms with Crippen LogP contribution in [0.25, 0.3) is 77.7 Å². The highest BCUT2D eigenvalue weighted by Gasteiger charge is 2.36. The molecule has 0 saturated carbocycles. The molecule has 0 aliphatic heterocycles. The molecule has 0 spiro atoms. The van der Waals surface area contributed by atoms with Crippen molar-refractivity contribution in [3.63, 3.8) is 0 Å². The van der Waals surface area contributed by atoms with Gasteiger partial charge in [0.25, 0.3) is 0 Å². The number of aromatic nitrogens is 2. The lowest BCUT2D eigenvalue weighted by Crippen LogP contribution is -2.56. The van der Waals surface area contributed by atoms with Crippen molar-refractivity contribution in [3.8, 4) is 44.8 Å². The van der Waals surface area contributed by atoms with Crippen molar-refractivity contribution in [3.05, 3.63) is 132 Å². The highest BCUT2D eigenvalue weighted by Crippen LogP contribution is 2.50. The van der Waals surface area contributed by atoms with Gasteiger partial charge in [-0.1, -0.05) is 121 Å². The Morgan fingerprint density at radius 1 is 0.500 bits per heavy atom. The summed E-state index contributed by atoms with van der Waals surface area (Å²) in [6, 6.07) is 41.4. The van der Waals surface area contributed by atoms with E-state index in [1.165, 1.54) is 22.3 Å². The van der Waals surface area contributed by atoms with E-state index in [1.54, 1.807) is 0 Å². The second-order valence-corrected chi connectivity index (χ2v) is 17.4. The predicted molar refractivity (Wildman–Crippen MR) is 286 cm³/mol. The Hall–Kier alpha value is -6.52. The fraction of sp³-hybridized carbons (Fsp3) is 0.0577. The van der Waals surface area contributed by atoms with E-state index in [0.29, 0.717) is 16.8 Å². The molecule has 8 aromatic carbocycles. The number of anilines is 3. The van der Waals surface area contributed by atoms with Crippen LogP contribution in [-0.2, 0) is 5.41 Å². The van der Waals surface area contributed by atoms with Crippen LogP contribution in [0.2, 0.25) is 0 Å². The molecule has 0 saturated heterocycles. The van der Waals surface area contributed by atoms with Gasteiger partial charge in [-0.2, -0.15) is 0 Å². The topological polar surface area (TPSA) is 45.1 Å². The van der Waals surface area contributed by atoms with Crippen LogP contribution < -0.4 is 59.5 Å². The Labute approximate surface area is 396 Å². The van der Waals surface area contributed by atoms with Gasteiger partial charge < -0.3 is 14.3 Å². The first-order chi connectivity index (χ1) is 31.7. The zero-order valence-electron chi connectivity index (χ0n) is 36.1. The zero-order chi connectivity index (χ0) is 46.1. The lowest BCUT2D eigenvalue weighted by Gasteiger charge is -2.33. The Balaban J connectivity index is 1.06. The van der Waals surface area contributed by atoms with Crippen molar-refractivity contribution in [1.29, 1.82) is 0 Å². The van der Waals surface area contributed by atoms with Crippen molar-refractivity contribution in [2.45, 2.75) is 19.3 Å². The molecule has 14 heteroatoms. The summed E-state index contributed by atoms with van der Waals surface area (Å²) in [5, 5.41) is 2.02. The number of benzene rings is 8. The largest absolute Gasteiger partial charge is 0.435 e. The van der Waals surface area contributed by atoms with Crippen LogP contribution in [0.1, 0.15) is 25.0 Å². The average Bonchev–Trinajstić information content (AvgIpc) is 4.01. The normalized spacial score (nSPS) is 12.8. The van der Waals surface area contributed by atoms with E-state index in [1.807, 2.05) is 47.4 Å². The minimum absolute atomic E-state index is 0.112. The molecule has 0 fully saturated rings. The van der Waals surface area contributed by atoms with Gasteiger partial charge in [-0.3, -0.25) is 0 Å². The van der Waals surface area contributed by atoms with E-state index < -0.39 is 0 Å². The number of aromatic amines is 1. The van der Waals surface area contributed by atoms with Crippen molar-refractivity contribution >= 4 is 183 Å². The van der Waals surface area contributed by atoms with Crippen LogP contribution in [0.5, 0.6) is 0 Å². The molecule has 2 aromatic heterocycles. The number of nitrogens with one attached hydrogen (secondary N) is 1. The van der Waals surface area contributed by atoms with Crippen LogP contribution in [0.3, 0.4) is 0 Å². The van der Waals surface area contributed by atoms with Gasteiger partial charge in [0.15, 0.2) is 5.58 Å². The Kier molecular flexibility index (Phi) is 9.75. The summed E-state index contributed by atoms with van der Waals surface area (Å²) >= 11 is 0. The minimum Gasteiger partial charge on any atom is -0.435 e. The van der Waals surface area contributed by atoms with Crippen LogP contribution >= 0.6 is 0 Å². The molecule has 0 atom stereocenters. The Bertz CT molecular complexity index is 3650. The van der Waals surface area contributed by atoms with Gasteiger partial charge in [0, 0.05) is 55.5 Å². The molecule has 0 unspecified atom stereocenters. The molecule has 1 aliphatic rings. The van der Waals surface area contributed by atoms with Crippen LogP contribution in [0.15, 0.2) is 126 Å². The lowest BCUT2D eigenvalue weighted by molar-refractivity contribution is 0.622. The summed E-state index contributed by atoms with van der Waals surface area (Å²) in [5.41, 5.74) is 15.1. The van der Waals surface area contributed by atoms with Crippen LogP contribution in [0.4, 0.5) is 17.1 Å². The summed E-state index contributed by atoms with van der Waals surface area (Å²) < 4.78 is 6.52. The summed E-state index contributed by atoms with van der Waals surface area (Å²) in [7, 11) is 64.4. The lowest BCUT2D eigenvalue weighted by atomic mass is 9.60. The van der Waals surface area contributed by atoms with Gasteiger partial charge in [-0.15, -0.1) is 32.8 Å². The molecule has 20 radical (unpaired) electrons. The maximum Gasteiger partial charge on any atom is 0.226 e. The number of para-hydroxylation sites is 2. The highest BCUT2D eigenvalue weighted by atomic mass is 16.3. The van der Waals surface area contributed by atoms with Gasteiger partial charge in [0.2, 0.25) is 5.89 Å². The van der Waals surface area contributed by atoms with Crippen LogP contribution in [-0.4, -0.2) is 88.4 Å². The molecule has 0 amide bonds. The first-order valence-corrected chi connectivity index (χ1v) is 21.3. The van der Waals surface area contributed by atoms with Gasteiger partial charge in [0.1, 0.15) is 84.0 Å². The monoisotopic (exact) mass is 819 g/mol. The standard InChI is InChI=1S/C52H27B10N3O/c1-52(2)32-11-5-3-8-27(32)28-19-18-25(22-33(28)52)65(49-46(61)44(59)43(58)45(60)47(49)62)24-16-14-23(15-17-24)26-20-21-29(36-31-9-4-6-12-34(31)63-48(26)36)30-10-7-13-35-50(30)66-51(64-35)37-38(53)40(55)42(57)41(56)39(37)54/h3-22,63H,1-2H3. The molecule has 1 N–H and O–H groups in total. The van der Waals surface area contributed by atoms with Gasteiger partial charge in [-0.25, -0.2) is 4.98 Å². The molecule has 0 bridgehead atoms. The van der Waals surface area contributed by atoms with Crippen molar-refractivity contribution in [2.24, 2.45) is 0 Å². The maximum atomic E-state index is 6.82. The smallest absolute Gasteiger partial charge is 0.226 e. The third kappa shape index (κ3) is 6.09. The number of rotatable bonds is 6. The zero-order valence-corrected chi connectivity index (χ0v) is 36.1. The van der Waals surface area contributed by atoms with E-state index in [-0.39, 0.29) is 71.5 Å². The number of H-pyrrole nitrogens is 1. The second kappa shape index (κ2) is 15.3. The highest BCUT2D eigenvalue weighted by molar-refractivity contribution is 6.70. The quantitative estimate of drug-likeness (QED) is 0.262. The van der Waals surface area contributed by atoms with E-state index in [2.05, 4.69) is 97.7 Å². The minimum atomic E-state index is -0.270. The molecule has 11 rings (SSSR count). The summed E-state index contributed by atoms with van der Waals surface area (Å²) in [6.45, 7) is 4.48. The third-order valence-electron chi connectivity index (χ3n) is 13.4. The average molecular weight is 818 g/mol. The molecular weight excluding hydrogens is 791 g/mol. The molecule has 1 aliphatic carbocycles. The third-order valence-corrected chi connectivity index (χ3v) is 13.4. The first kappa shape index (κ1) is 42.1. The summed E-state index contributed by atoms with van der Waals surface area (Å²) in [5.74, 6) is 0.174. The second-order valence-electron chi connectivity index (χ2n) is 17.4. The SMILES string of the molecule is [B]c1c([B])c([B])c(-c2nc3cccc(-c4ccc(-c5ccc(N(c6ccc7c(c6)C(C)(C)c6ccccc6-7)c6c([B])c([B])c([B])c([B])c6[B])cc5)c5[nH]c6ccccc6c45)c3o2)c([B])c1[B]. The fourth-order valence-corrected chi connectivity index (χ4v) is 9.88. The van der Waals surface area contributed by atoms with Crippen molar-refractivity contribution in [2.75, 3.05) is 4.90 Å². The molecule has 4 nitrogen and oxygen atoms in total. The summed E-state index contributed by atoms with van der Waals surface area (Å²) in [6.07, 6.45) is 0. The van der Waals surface area contributed by atoms with E-state index in [9.17, 15) is 0 Å². The molecular formula is C52H27B10N3O. The Morgan fingerprint density at radius 3 is 1.77 bits per heavy atom. The maximum absolute atomic E-state index is 6.82. The van der Waals surface area contributed by atoms with Gasteiger partial charge in [0.05, 0.1) is 5.52 Å². The first-order valence-electron chi connectivity index (χ1n) is 21.3. The molecule has 2 heterocycles. The predicted octanol–water partition coefficient (Wildman–Crippen LogP) is 2.18. The van der Waals surface area contributed by atoms with Crippen LogP contribution in [0, 0.1) is 0 Å². The number of fused-ring (bicyclic) bond motifs is 7.